The second-order valence-electron chi connectivity index (χ2n) is 3.47. The van der Waals surface area contributed by atoms with E-state index >= 15 is 0 Å². The molecule has 0 radical (unpaired) electrons. The molecular formula is C11H13ClO4S. The molecule has 0 amide bonds. The highest BCUT2D eigenvalue weighted by molar-refractivity contribution is 8.14. The summed E-state index contributed by atoms with van der Waals surface area (Å²) in [6.07, 6.45) is 0.0967. The standard InChI is InChI=1S/C11H13ClO4S/c1-2-10(17(12,14)15)11(13)16-8-9-6-4-3-5-7-9/h3-7,10H,2,8H2,1H3. The van der Waals surface area contributed by atoms with Gasteiger partial charge < -0.3 is 4.74 Å². The number of carbonyl (C=O) groups excluding carboxylic acids is 1. The van der Waals surface area contributed by atoms with E-state index in [-0.39, 0.29) is 13.0 Å². The van der Waals surface area contributed by atoms with Gasteiger partial charge in [0.2, 0.25) is 9.05 Å². The molecule has 1 aromatic rings. The molecule has 0 saturated heterocycles. The van der Waals surface area contributed by atoms with Gasteiger partial charge in [0.15, 0.2) is 5.25 Å². The summed E-state index contributed by atoms with van der Waals surface area (Å²) in [5, 5.41) is -1.30. The maximum Gasteiger partial charge on any atom is 0.325 e. The highest BCUT2D eigenvalue weighted by Gasteiger charge is 2.30. The second-order valence-corrected chi connectivity index (χ2v) is 6.28. The number of esters is 1. The summed E-state index contributed by atoms with van der Waals surface area (Å²) in [6, 6.07) is 9.01. The van der Waals surface area contributed by atoms with Gasteiger partial charge in [-0.3, -0.25) is 4.79 Å². The van der Waals surface area contributed by atoms with Gasteiger partial charge in [-0.1, -0.05) is 37.3 Å². The van der Waals surface area contributed by atoms with Gasteiger partial charge in [-0.2, -0.15) is 0 Å². The number of carbonyl (C=O) groups is 1. The highest BCUT2D eigenvalue weighted by atomic mass is 35.7. The summed E-state index contributed by atoms with van der Waals surface area (Å²) >= 11 is 0. The third-order valence-electron chi connectivity index (χ3n) is 2.20. The predicted molar refractivity (Wildman–Crippen MR) is 65.1 cm³/mol. The molecule has 0 N–H and O–H groups in total. The van der Waals surface area contributed by atoms with Gasteiger partial charge >= 0.3 is 5.97 Å². The van der Waals surface area contributed by atoms with Crippen molar-refractivity contribution in [2.45, 2.75) is 25.2 Å². The number of rotatable bonds is 5. The summed E-state index contributed by atoms with van der Waals surface area (Å²) < 4.78 is 27.1. The third-order valence-corrected chi connectivity index (χ3v) is 4.05. The zero-order valence-electron chi connectivity index (χ0n) is 9.30. The molecular weight excluding hydrogens is 264 g/mol. The summed E-state index contributed by atoms with van der Waals surface area (Å²) in [5.41, 5.74) is 0.794. The van der Waals surface area contributed by atoms with Crippen LogP contribution in [0.25, 0.3) is 0 Å². The molecule has 1 aromatic carbocycles. The van der Waals surface area contributed by atoms with Gasteiger partial charge in [-0.25, -0.2) is 8.42 Å². The maximum atomic E-state index is 11.5. The molecule has 6 heteroatoms. The smallest absolute Gasteiger partial charge is 0.325 e. The zero-order chi connectivity index (χ0) is 12.9. The minimum absolute atomic E-state index is 0.0442. The molecule has 0 spiro atoms. The average molecular weight is 277 g/mol. The lowest BCUT2D eigenvalue weighted by molar-refractivity contribution is -0.144. The SMILES string of the molecule is CCC(C(=O)OCc1ccccc1)S(=O)(=O)Cl. The fourth-order valence-electron chi connectivity index (χ4n) is 1.30. The Hall–Kier alpha value is -1.07. The van der Waals surface area contributed by atoms with E-state index < -0.39 is 20.3 Å². The Morgan fingerprint density at radius 1 is 1.35 bits per heavy atom. The van der Waals surface area contributed by atoms with Gasteiger partial charge in [0, 0.05) is 10.7 Å². The first-order valence-electron chi connectivity index (χ1n) is 5.09. The fraction of sp³-hybridized carbons (Fsp3) is 0.364. The lowest BCUT2D eigenvalue weighted by Gasteiger charge is -2.10. The van der Waals surface area contributed by atoms with Gasteiger partial charge in [0.25, 0.3) is 0 Å². The van der Waals surface area contributed by atoms with Crippen LogP contribution in [0.1, 0.15) is 18.9 Å². The minimum Gasteiger partial charge on any atom is -0.460 e. The van der Waals surface area contributed by atoms with E-state index in [1.165, 1.54) is 0 Å². The topological polar surface area (TPSA) is 60.4 Å². The lowest BCUT2D eigenvalue weighted by Crippen LogP contribution is -2.28. The predicted octanol–water partition coefficient (Wildman–Crippen LogP) is 2.08. The molecule has 0 aromatic heterocycles. The van der Waals surface area contributed by atoms with Crippen molar-refractivity contribution in [2.24, 2.45) is 0 Å². The molecule has 4 nitrogen and oxygen atoms in total. The summed E-state index contributed by atoms with van der Waals surface area (Å²) in [6.45, 7) is 1.61. The Morgan fingerprint density at radius 3 is 2.41 bits per heavy atom. The Bertz CT molecular complexity index is 470. The van der Waals surface area contributed by atoms with Gasteiger partial charge in [0.05, 0.1) is 0 Å². The Balaban J connectivity index is 2.61. The quantitative estimate of drug-likeness (QED) is 0.610. The van der Waals surface area contributed by atoms with Crippen LogP contribution in [-0.4, -0.2) is 19.6 Å². The Kier molecular flexibility index (Phi) is 4.96. The third kappa shape index (κ3) is 4.36. The summed E-state index contributed by atoms with van der Waals surface area (Å²) in [5.74, 6) is -0.814. The number of hydrogen-bond acceptors (Lipinski definition) is 4. The van der Waals surface area contributed by atoms with Crippen molar-refractivity contribution in [3.63, 3.8) is 0 Å². The number of halogens is 1. The molecule has 17 heavy (non-hydrogen) atoms. The van der Waals surface area contributed by atoms with Gasteiger partial charge in [-0.15, -0.1) is 0 Å². The number of benzene rings is 1. The highest BCUT2D eigenvalue weighted by Crippen LogP contribution is 2.14. The summed E-state index contributed by atoms with van der Waals surface area (Å²) in [4.78, 5) is 11.5. The van der Waals surface area contributed by atoms with Crippen LogP contribution in [0.15, 0.2) is 30.3 Å². The van der Waals surface area contributed by atoms with E-state index in [1.54, 1.807) is 31.2 Å². The van der Waals surface area contributed by atoms with Crippen LogP contribution >= 0.6 is 10.7 Å². The second kappa shape index (κ2) is 6.02. The molecule has 0 bridgehead atoms. The molecule has 1 atom stereocenters. The van der Waals surface area contributed by atoms with Crippen LogP contribution in [0.3, 0.4) is 0 Å². The first-order chi connectivity index (χ1) is 7.95. The van der Waals surface area contributed by atoms with Crippen molar-refractivity contribution in [1.29, 1.82) is 0 Å². The van der Waals surface area contributed by atoms with Crippen LogP contribution < -0.4 is 0 Å². The fourth-order valence-corrected chi connectivity index (χ4v) is 2.59. The molecule has 0 aliphatic rings. The van der Waals surface area contributed by atoms with Gasteiger partial charge in [-0.05, 0) is 12.0 Å². The van der Waals surface area contributed by atoms with Crippen molar-refractivity contribution in [3.05, 3.63) is 35.9 Å². The molecule has 0 saturated carbocycles. The largest absolute Gasteiger partial charge is 0.460 e. The van der Waals surface area contributed by atoms with Crippen LogP contribution in [0, 0.1) is 0 Å². The van der Waals surface area contributed by atoms with Crippen molar-refractivity contribution >= 4 is 25.7 Å². The number of ether oxygens (including phenoxy) is 1. The molecule has 0 aliphatic carbocycles. The Labute approximate surface area is 105 Å². The first kappa shape index (κ1) is 14.0. The monoisotopic (exact) mass is 276 g/mol. The number of hydrogen-bond donors (Lipinski definition) is 0. The minimum atomic E-state index is -3.92. The zero-order valence-corrected chi connectivity index (χ0v) is 10.9. The van der Waals surface area contributed by atoms with Crippen LogP contribution in [-0.2, 0) is 25.2 Å². The van der Waals surface area contributed by atoms with Crippen LogP contribution in [0.4, 0.5) is 0 Å². The average Bonchev–Trinajstić information content (AvgIpc) is 2.27. The Morgan fingerprint density at radius 2 is 1.94 bits per heavy atom. The van der Waals surface area contributed by atoms with E-state index in [2.05, 4.69) is 0 Å². The van der Waals surface area contributed by atoms with Gasteiger partial charge in [0.1, 0.15) is 6.61 Å². The van der Waals surface area contributed by atoms with Crippen molar-refractivity contribution in [2.75, 3.05) is 0 Å². The van der Waals surface area contributed by atoms with E-state index in [0.29, 0.717) is 0 Å². The van der Waals surface area contributed by atoms with E-state index in [1.807, 2.05) is 6.07 Å². The van der Waals surface area contributed by atoms with Crippen molar-refractivity contribution in [3.8, 4) is 0 Å². The summed E-state index contributed by atoms with van der Waals surface area (Å²) in [7, 11) is 1.23. The van der Waals surface area contributed by atoms with E-state index in [4.69, 9.17) is 15.4 Å². The van der Waals surface area contributed by atoms with Crippen LogP contribution in [0.2, 0.25) is 0 Å². The van der Waals surface area contributed by atoms with Crippen molar-refractivity contribution in [1.82, 2.24) is 0 Å². The molecule has 0 aliphatic heterocycles. The molecule has 1 unspecified atom stereocenters. The van der Waals surface area contributed by atoms with E-state index in [9.17, 15) is 13.2 Å². The molecule has 94 valence electrons. The first-order valence-corrected chi connectivity index (χ1v) is 7.46. The maximum absolute atomic E-state index is 11.5. The lowest BCUT2D eigenvalue weighted by atomic mass is 10.2. The van der Waals surface area contributed by atoms with E-state index in [0.717, 1.165) is 5.56 Å². The normalized spacial score (nSPS) is 13.1. The molecule has 0 heterocycles. The van der Waals surface area contributed by atoms with Crippen molar-refractivity contribution < 1.29 is 17.9 Å². The molecule has 1 rings (SSSR count). The molecule has 0 fully saturated rings. The van der Waals surface area contributed by atoms with Crippen LogP contribution in [0.5, 0.6) is 0 Å².